The molecule has 3 rings (SSSR count). The van der Waals surface area contributed by atoms with Gasteiger partial charge in [0.2, 0.25) is 10.0 Å². The monoisotopic (exact) mass is 324 g/mol. The van der Waals surface area contributed by atoms with Crippen molar-refractivity contribution >= 4 is 27.0 Å². The van der Waals surface area contributed by atoms with E-state index in [0.29, 0.717) is 29.6 Å². The third kappa shape index (κ3) is 2.90. The molecule has 0 spiro atoms. The van der Waals surface area contributed by atoms with E-state index in [1.54, 1.807) is 18.2 Å². The van der Waals surface area contributed by atoms with E-state index in [9.17, 15) is 18.0 Å². The number of sulfonamides is 1. The maximum absolute atomic E-state index is 12.0. The molecule has 2 heterocycles. The molecule has 1 aliphatic rings. The molecule has 9 heteroatoms. The average molecular weight is 324 g/mol. The second kappa shape index (κ2) is 5.58. The Labute approximate surface area is 126 Å². The van der Waals surface area contributed by atoms with E-state index >= 15 is 0 Å². The van der Waals surface area contributed by atoms with Crippen molar-refractivity contribution in [1.29, 1.82) is 0 Å². The molecule has 1 saturated heterocycles. The molecule has 0 aliphatic carbocycles. The molecular weight excluding hydrogens is 308 g/mol. The van der Waals surface area contributed by atoms with Gasteiger partial charge in [0.1, 0.15) is 0 Å². The Balaban J connectivity index is 1.62. The maximum atomic E-state index is 12.0. The highest BCUT2D eigenvalue weighted by molar-refractivity contribution is 7.89. The quantitative estimate of drug-likeness (QED) is 0.711. The number of benzene rings is 1. The molecule has 3 N–H and O–H groups in total. The Hall–Kier alpha value is -2.13. The summed E-state index contributed by atoms with van der Waals surface area (Å²) in [5, 5.41) is 2.69. The number of nitrogens with zero attached hydrogens (tertiary/aromatic N) is 1. The van der Waals surface area contributed by atoms with E-state index < -0.39 is 10.0 Å². The number of carbonyl (C=O) groups excluding carboxylic acids is 1. The van der Waals surface area contributed by atoms with Gasteiger partial charge in [0, 0.05) is 25.2 Å². The van der Waals surface area contributed by atoms with Gasteiger partial charge in [-0.05, 0) is 24.6 Å². The summed E-state index contributed by atoms with van der Waals surface area (Å²) in [6.45, 7) is 1.03. The molecule has 0 atom stereocenters. The normalized spacial score (nSPS) is 17.8. The standard InChI is InChI=1S/C13H16N4O4S/c18-12(14-4-6-17-5-1-7-22(17,20)21)9-2-3-10-11(8-9)16-13(19)15-10/h2-3,8H,1,4-7H2,(H,14,18)(H2,15,16,19). The van der Waals surface area contributed by atoms with Gasteiger partial charge in [0.05, 0.1) is 16.8 Å². The van der Waals surface area contributed by atoms with Crippen molar-refractivity contribution in [3.63, 3.8) is 0 Å². The molecule has 8 nitrogen and oxygen atoms in total. The molecule has 1 aliphatic heterocycles. The first-order valence-corrected chi connectivity index (χ1v) is 8.55. The first-order chi connectivity index (χ1) is 10.5. The molecule has 0 bridgehead atoms. The SMILES string of the molecule is O=C(NCCN1CCCS1(=O)=O)c1ccc2[nH]c(=O)[nH]c2c1. The van der Waals surface area contributed by atoms with Crippen LogP contribution in [0.15, 0.2) is 23.0 Å². The van der Waals surface area contributed by atoms with E-state index in [4.69, 9.17) is 0 Å². The van der Waals surface area contributed by atoms with Gasteiger partial charge in [-0.1, -0.05) is 0 Å². The number of amides is 1. The van der Waals surface area contributed by atoms with Gasteiger partial charge in [0.25, 0.3) is 5.91 Å². The number of fused-ring (bicyclic) bond motifs is 1. The van der Waals surface area contributed by atoms with Crippen LogP contribution in [0, 0.1) is 0 Å². The van der Waals surface area contributed by atoms with Crippen molar-refractivity contribution in [3.05, 3.63) is 34.2 Å². The average Bonchev–Trinajstić information content (AvgIpc) is 2.99. The molecule has 22 heavy (non-hydrogen) atoms. The molecule has 1 aromatic heterocycles. The molecular formula is C13H16N4O4S. The Morgan fingerprint density at radius 2 is 2.05 bits per heavy atom. The number of aromatic nitrogens is 2. The Kier molecular flexibility index (Phi) is 3.75. The highest BCUT2D eigenvalue weighted by atomic mass is 32.2. The molecule has 118 valence electrons. The summed E-state index contributed by atoms with van der Waals surface area (Å²) in [6.07, 6.45) is 0.633. The maximum Gasteiger partial charge on any atom is 0.323 e. The number of hydrogen-bond acceptors (Lipinski definition) is 4. The highest BCUT2D eigenvalue weighted by Crippen LogP contribution is 2.12. The van der Waals surface area contributed by atoms with Crippen LogP contribution in [0.2, 0.25) is 0 Å². The van der Waals surface area contributed by atoms with Gasteiger partial charge in [-0.3, -0.25) is 4.79 Å². The number of aromatic amines is 2. The summed E-state index contributed by atoms with van der Waals surface area (Å²) < 4.78 is 24.7. The molecule has 2 aromatic rings. The molecule has 0 saturated carbocycles. The zero-order valence-corrected chi connectivity index (χ0v) is 12.6. The Morgan fingerprint density at radius 1 is 1.27 bits per heavy atom. The third-order valence-electron chi connectivity index (χ3n) is 3.63. The van der Waals surface area contributed by atoms with Gasteiger partial charge in [-0.2, -0.15) is 0 Å². The minimum atomic E-state index is -3.14. The summed E-state index contributed by atoms with van der Waals surface area (Å²) in [6, 6.07) is 4.83. The van der Waals surface area contributed by atoms with E-state index in [0.717, 1.165) is 0 Å². The highest BCUT2D eigenvalue weighted by Gasteiger charge is 2.27. The van der Waals surface area contributed by atoms with Gasteiger partial charge < -0.3 is 15.3 Å². The van der Waals surface area contributed by atoms with Crippen molar-refractivity contribution < 1.29 is 13.2 Å². The van der Waals surface area contributed by atoms with Crippen LogP contribution in [-0.4, -0.2) is 54.0 Å². The lowest BCUT2D eigenvalue weighted by molar-refractivity contribution is 0.0952. The number of imidazole rings is 1. The van der Waals surface area contributed by atoms with Gasteiger partial charge in [-0.15, -0.1) is 0 Å². The predicted molar refractivity (Wildman–Crippen MR) is 81.2 cm³/mol. The topological polar surface area (TPSA) is 115 Å². The number of H-pyrrole nitrogens is 2. The van der Waals surface area contributed by atoms with Crippen molar-refractivity contribution in [2.45, 2.75) is 6.42 Å². The molecule has 0 radical (unpaired) electrons. The van der Waals surface area contributed by atoms with Gasteiger partial charge in [0.15, 0.2) is 0 Å². The lowest BCUT2D eigenvalue weighted by atomic mass is 10.2. The van der Waals surface area contributed by atoms with E-state index in [-0.39, 0.29) is 30.4 Å². The van der Waals surface area contributed by atoms with Gasteiger partial charge >= 0.3 is 5.69 Å². The van der Waals surface area contributed by atoms with E-state index in [1.165, 1.54) is 4.31 Å². The fourth-order valence-electron chi connectivity index (χ4n) is 2.51. The summed E-state index contributed by atoms with van der Waals surface area (Å²) in [4.78, 5) is 28.4. The lowest BCUT2D eigenvalue weighted by Gasteiger charge is -2.14. The van der Waals surface area contributed by atoms with E-state index in [1.807, 2.05) is 0 Å². The summed E-state index contributed by atoms with van der Waals surface area (Å²) >= 11 is 0. The first-order valence-electron chi connectivity index (χ1n) is 6.94. The van der Waals surface area contributed by atoms with Crippen LogP contribution >= 0.6 is 0 Å². The zero-order chi connectivity index (χ0) is 15.7. The van der Waals surface area contributed by atoms with Crippen molar-refractivity contribution in [1.82, 2.24) is 19.6 Å². The van der Waals surface area contributed by atoms with Crippen LogP contribution in [0.25, 0.3) is 11.0 Å². The fourth-order valence-corrected chi connectivity index (χ4v) is 4.04. The largest absolute Gasteiger partial charge is 0.351 e. The van der Waals surface area contributed by atoms with E-state index in [2.05, 4.69) is 15.3 Å². The minimum Gasteiger partial charge on any atom is -0.351 e. The van der Waals surface area contributed by atoms with Crippen LogP contribution in [0.3, 0.4) is 0 Å². The number of carbonyl (C=O) groups is 1. The third-order valence-corrected chi connectivity index (χ3v) is 5.58. The summed E-state index contributed by atoms with van der Waals surface area (Å²) in [5.41, 5.74) is 1.27. The molecule has 1 fully saturated rings. The molecule has 1 amide bonds. The summed E-state index contributed by atoms with van der Waals surface area (Å²) in [7, 11) is -3.14. The zero-order valence-electron chi connectivity index (χ0n) is 11.8. The number of rotatable bonds is 4. The molecule has 0 unspecified atom stereocenters. The van der Waals surface area contributed by atoms with Crippen molar-refractivity contribution in [2.24, 2.45) is 0 Å². The van der Waals surface area contributed by atoms with Crippen LogP contribution in [0.4, 0.5) is 0 Å². The molecule has 1 aromatic carbocycles. The minimum absolute atomic E-state index is 0.179. The lowest BCUT2D eigenvalue weighted by Crippen LogP contribution is -2.35. The van der Waals surface area contributed by atoms with Crippen molar-refractivity contribution in [2.75, 3.05) is 25.4 Å². The summed E-state index contributed by atoms with van der Waals surface area (Å²) in [5.74, 6) is -0.126. The van der Waals surface area contributed by atoms with Crippen LogP contribution in [-0.2, 0) is 10.0 Å². The Morgan fingerprint density at radius 3 is 2.77 bits per heavy atom. The van der Waals surface area contributed by atoms with Crippen LogP contribution < -0.4 is 11.0 Å². The smallest absolute Gasteiger partial charge is 0.323 e. The predicted octanol–water partition coefficient (Wildman–Crippen LogP) is -0.378. The second-order valence-electron chi connectivity index (χ2n) is 5.16. The van der Waals surface area contributed by atoms with Gasteiger partial charge in [-0.25, -0.2) is 17.5 Å². The van der Waals surface area contributed by atoms with Crippen molar-refractivity contribution in [3.8, 4) is 0 Å². The Bertz CT molecular complexity index is 868. The number of nitrogens with one attached hydrogen (secondary N) is 3. The number of hydrogen-bond donors (Lipinski definition) is 3. The van der Waals surface area contributed by atoms with Crippen LogP contribution in [0.1, 0.15) is 16.8 Å². The first kappa shape index (κ1) is 14.8. The second-order valence-corrected chi connectivity index (χ2v) is 7.25. The van der Waals surface area contributed by atoms with Crippen LogP contribution in [0.5, 0.6) is 0 Å². The fraction of sp³-hybridized carbons (Fsp3) is 0.385.